The normalized spacial score (nSPS) is 24.6. The Morgan fingerprint density at radius 1 is 1.30 bits per heavy atom. The van der Waals surface area contributed by atoms with E-state index in [1.165, 1.54) is 19.3 Å². The molecule has 0 N–H and O–H groups in total. The summed E-state index contributed by atoms with van der Waals surface area (Å²) in [6.45, 7) is 2.43. The average Bonchev–Trinajstić information content (AvgIpc) is 3.36. The van der Waals surface area contributed by atoms with E-state index in [0.717, 1.165) is 25.4 Å². The van der Waals surface area contributed by atoms with Gasteiger partial charge in [-0.1, -0.05) is 12.5 Å². The van der Waals surface area contributed by atoms with E-state index < -0.39 is 0 Å². The van der Waals surface area contributed by atoms with Gasteiger partial charge in [-0.25, -0.2) is 0 Å². The number of furan rings is 1. The van der Waals surface area contributed by atoms with Crippen molar-refractivity contribution in [2.45, 2.75) is 31.8 Å². The van der Waals surface area contributed by atoms with Crippen LogP contribution >= 0.6 is 0 Å². The number of amides is 1. The number of hydrogen-bond acceptors (Lipinski definition) is 4. The molecule has 3 unspecified atom stereocenters. The fourth-order valence-electron chi connectivity index (χ4n) is 4.82. The standard InChI is InChI=1S/C22H25N3O2/c1-24(14-19-8-4-10-27-19)21-9-3-7-18-13-25(15-20(18)21)22(26)17-6-2-5-16(11-17)12-23/h2,4-6,8,10-11,18,20-21H,3,7,9,13-15H2,1H3. The van der Waals surface area contributed by atoms with Crippen molar-refractivity contribution in [1.29, 1.82) is 5.26 Å². The van der Waals surface area contributed by atoms with Gasteiger partial charge < -0.3 is 9.32 Å². The number of fused-ring (bicyclic) bond motifs is 1. The molecular formula is C22H25N3O2. The molecule has 5 heteroatoms. The predicted molar refractivity (Wildman–Crippen MR) is 102 cm³/mol. The zero-order chi connectivity index (χ0) is 18.8. The number of hydrogen-bond donors (Lipinski definition) is 0. The third kappa shape index (κ3) is 3.63. The largest absolute Gasteiger partial charge is 0.468 e. The average molecular weight is 363 g/mol. The molecule has 0 radical (unpaired) electrons. The Morgan fingerprint density at radius 3 is 2.96 bits per heavy atom. The van der Waals surface area contributed by atoms with Gasteiger partial charge in [0.15, 0.2) is 0 Å². The van der Waals surface area contributed by atoms with Crippen LogP contribution in [0.4, 0.5) is 0 Å². The van der Waals surface area contributed by atoms with Crippen molar-refractivity contribution < 1.29 is 9.21 Å². The molecule has 1 aliphatic carbocycles. The summed E-state index contributed by atoms with van der Waals surface area (Å²) in [5.74, 6) is 2.10. The number of nitriles is 1. The third-order valence-electron chi connectivity index (χ3n) is 6.14. The quantitative estimate of drug-likeness (QED) is 0.834. The van der Waals surface area contributed by atoms with Gasteiger partial charge in [-0.2, -0.15) is 5.26 Å². The fourth-order valence-corrected chi connectivity index (χ4v) is 4.82. The second kappa shape index (κ2) is 7.58. The Bertz CT molecular complexity index is 839. The van der Waals surface area contributed by atoms with E-state index in [1.54, 1.807) is 24.5 Å². The van der Waals surface area contributed by atoms with Gasteiger partial charge in [0.05, 0.1) is 24.4 Å². The smallest absolute Gasteiger partial charge is 0.253 e. The van der Waals surface area contributed by atoms with Crippen molar-refractivity contribution in [1.82, 2.24) is 9.80 Å². The molecule has 27 heavy (non-hydrogen) atoms. The third-order valence-corrected chi connectivity index (χ3v) is 6.14. The molecule has 2 aliphatic rings. The Hall–Kier alpha value is -2.58. The molecule has 1 amide bonds. The number of carbonyl (C=O) groups excluding carboxylic acids is 1. The molecule has 1 saturated carbocycles. The van der Waals surface area contributed by atoms with Gasteiger partial charge in [0.1, 0.15) is 5.76 Å². The van der Waals surface area contributed by atoms with Crippen LogP contribution in [0.3, 0.4) is 0 Å². The van der Waals surface area contributed by atoms with Crippen molar-refractivity contribution in [3.05, 3.63) is 59.5 Å². The van der Waals surface area contributed by atoms with Crippen molar-refractivity contribution in [3.63, 3.8) is 0 Å². The van der Waals surface area contributed by atoms with Gasteiger partial charge in [0, 0.05) is 24.7 Å². The van der Waals surface area contributed by atoms with Crippen LogP contribution in [0.1, 0.15) is 40.9 Å². The van der Waals surface area contributed by atoms with E-state index in [1.807, 2.05) is 23.1 Å². The lowest BCUT2D eigenvalue weighted by Gasteiger charge is -2.38. The molecular weight excluding hydrogens is 338 g/mol. The zero-order valence-corrected chi connectivity index (χ0v) is 15.7. The highest BCUT2D eigenvalue weighted by molar-refractivity contribution is 5.94. The van der Waals surface area contributed by atoms with Crippen LogP contribution in [0.2, 0.25) is 0 Å². The molecule has 1 aromatic carbocycles. The highest BCUT2D eigenvalue weighted by Gasteiger charge is 2.43. The molecule has 4 rings (SSSR count). The summed E-state index contributed by atoms with van der Waals surface area (Å²) < 4.78 is 5.51. The minimum atomic E-state index is 0.0499. The van der Waals surface area contributed by atoms with E-state index >= 15 is 0 Å². The van der Waals surface area contributed by atoms with Gasteiger partial charge in [0.25, 0.3) is 5.91 Å². The molecule has 5 nitrogen and oxygen atoms in total. The molecule has 2 heterocycles. The summed E-state index contributed by atoms with van der Waals surface area (Å²) in [4.78, 5) is 17.4. The predicted octanol–water partition coefficient (Wildman–Crippen LogP) is 3.52. The molecule has 1 aliphatic heterocycles. The first kappa shape index (κ1) is 17.8. The van der Waals surface area contributed by atoms with Gasteiger partial charge in [-0.3, -0.25) is 9.69 Å². The van der Waals surface area contributed by atoms with E-state index in [0.29, 0.717) is 29.0 Å². The topological polar surface area (TPSA) is 60.5 Å². The minimum Gasteiger partial charge on any atom is -0.468 e. The summed E-state index contributed by atoms with van der Waals surface area (Å²) in [5.41, 5.74) is 1.15. The molecule has 3 atom stereocenters. The van der Waals surface area contributed by atoms with Crippen LogP contribution in [-0.4, -0.2) is 41.9 Å². The number of rotatable bonds is 4. The molecule has 0 bridgehead atoms. The van der Waals surface area contributed by atoms with Crippen LogP contribution in [0.15, 0.2) is 47.1 Å². The first-order valence-corrected chi connectivity index (χ1v) is 9.68. The monoisotopic (exact) mass is 363 g/mol. The van der Waals surface area contributed by atoms with E-state index in [2.05, 4.69) is 18.0 Å². The van der Waals surface area contributed by atoms with E-state index in [4.69, 9.17) is 9.68 Å². The maximum atomic E-state index is 13.0. The summed E-state index contributed by atoms with van der Waals surface area (Å²) >= 11 is 0. The Kier molecular flexibility index (Phi) is 5.00. The highest BCUT2D eigenvalue weighted by atomic mass is 16.3. The molecule has 1 aromatic heterocycles. The van der Waals surface area contributed by atoms with Crippen LogP contribution in [0.25, 0.3) is 0 Å². The van der Waals surface area contributed by atoms with Crippen LogP contribution < -0.4 is 0 Å². The SMILES string of the molecule is CN(Cc1ccco1)C1CCCC2CN(C(=O)c3cccc(C#N)c3)CC21. The van der Waals surface area contributed by atoms with Crippen molar-refractivity contribution in [3.8, 4) is 6.07 Å². The van der Waals surface area contributed by atoms with E-state index in [9.17, 15) is 4.79 Å². The lowest BCUT2D eigenvalue weighted by molar-refractivity contribution is 0.0767. The second-order valence-corrected chi connectivity index (χ2v) is 7.82. The Morgan fingerprint density at radius 2 is 2.19 bits per heavy atom. The van der Waals surface area contributed by atoms with Crippen molar-refractivity contribution in [2.75, 3.05) is 20.1 Å². The Labute approximate surface area is 160 Å². The molecule has 2 aromatic rings. The van der Waals surface area contributed by atoms with Gasteiger partial charge >= 0.3 is 0 Å². The lowest BCUT2D eigenvalue weighted by Crippen LogP contribution is -2.43. The first-order chi connectivity index (χ1) is 13.2. The number of nitrogens with zero attached hydrogens (tertiary/aromatic N) is 3. The van der Waals surface area contributed by atoms with Crippen molar-refractivity contribution >= 4 is 5.91 Å². The number of carbonyl (C=O) groups is 1. The maximum absolute atomic E-state index is 13.0. The van der Waals surface area contributed by atoms with E-state index in [-0.39, 0.29) is 5.91 Å². The second-order valence-electron chi connectivity index (χ2n) is 7.82. The summed E-state index contributed by atoms with van der Waals surface area (Å²) in [6.07, 6.45) is 5.29. The van der Waals surface area contributed by atoms with Gasteiger partial charge in [-0.05, 0) is 62.1 Å². The van der Waals surface area contributed by atoms with Gasteiger partial charge in [-0.15, -0.1) is 0 Å². The summed E-state index contributed by atoms with van der Waals surface area (Å²) in [7, 11) is 2.16. The fraction of sp³-hybridized carbons (Fsp3) is 0.455. The first-order valence-electron chi connectivity index (χ1n) is 9.68. The molecule has 0 spiro atoms. The minimum absolute atomic E-state index is 0.0499. The van der Waals surface area contributed by atoms with Gasteiger partial charge in [0.2, 0.25) is 0 Å². The van der Waals surface area contributed by atoms with Crippen LogP contribution in [-0.2, 0) is 6.54 Å². The summed E-state index contributed by atoms with van der Waals surface area (Å²) in [6, 6.07) is 13.6. The molecule has 2 fully saturated rings. The number of benzene rings is 1. The molecule has 1 saturated heterocycles. The summed E-state index contributed by atoms with van der Waals surface area (Å²) in [5, 5.41) is 9.09. The van der Waals surface area contributed by atoms with Crippen LogP contribution in [0, 0.1) is 23.2 Å². The molecule has 140 valence electrons. The van der Waals surface area contributed by atoms with Crippen LogP contribution in [0.5, 0.6) is 0 Å². The maximum Gasteiger partial charge on any atom is 0.253 e. The Balaban J connectivity index is 1.47. The van der Waals surface area contributed by atoms with Crippen molar-refractivity contribution in [2.24, 2.45) is 11.8 Å². The zero-order valence-electron chi connectivity index (χ0n) is 15.7. The lowest BCUT2D eigenvalue weighted by atomic mass is 9.77. The highest BCUT2D eigenvalue weighted by Crippen LogP contribution is 2.39. The number of likely N-dealkylation sites (tertiary alicyclic amines) is 1.